The van der Waals surface area contributed by atoms with Crippen LogP contribution in [0.5, 0.6) is 0 Å². The van der Waals surface area contributed by atoms with E-state index in [4.69, 9.17) is 4.74 Å². The van der Waals surface area contributed by atoms with Gasteiger partial charge in [-0.05, 0) is 24.3 Å². The highest BCUT2D eigenvalue weighted by atomic mass is 32.1. The summed E-state index contributed by atoms with van der Waals surface area (Å²) in [4.78, 5) is 10.8. The van der Waals surface area contributed by atoms with Gasteiger partial charge in [0.1, 0.15) is 0 Å². The summed E-state index contributed by atoms with van der Waals surface area (Å²) >= 11 is 7.97. The maximum atomic E-state index is 10.8. The first-order valence-electron chi connectivity index (χ1n) is 3.68. The second-order valence-corrected chi connectivity index (χ2v) is 3.02. The SMILES string of the molecule is O=C(CCCS)OCCCS. The molecule has 11 heavy (non-hydrogen) atoms. The van der Waals surface area contributed by atoms with Gasteiger partial charge in [-0.1, -0.05) is 0 Å². The van der Waals surface area contributed by atoms with Crippen molar-refractivity contribution >= 4 is 31.2 Å². The minimum Gasteiger partial charge on any atom is -0.466 e. The van der Waals surface area contributed by atoms with Crippen molar-refractivity contribution in [1.82, 2.24) is 0 Å². The lowest BCUT2D eigenvalue weighted by atomic mass is 10.3. The van der Waals surface area contributed by atoms with Gasteiger partial charge in [0.05, 0.1) is 6.61 Å². The maximum Gasteiger partial charge on any atom is 0.305 e. The molecule has 0 aromatic heterocycles. The van der Waals surface area contributed by atoms with Crippen LogP contribution in [-0.4, -0.2) is 24.1 Å². The van der Waals surface area contributed by atoms with Crippen molar-refractivity contribution < 1.29 is 9.53 Å². The number of esters is 1. The molecule has 0 radical (unpaired) electrons. The molecule has 2 nitrogen and oxygen atoms in total. The van der Waals surface area contributed by atoms with E-state index in [2.05, 4.69) is 25.3 Å². The van der Waals surface area contributed by atoms with Gasteiger partial charge in [0.25, 0.3) is 0 Å². The molecule has 0 aliphatic heterocycles. The number of ether oxygens (including phenoxy) is 1. The highest BCUT2D eigenvalue weighted by molar-refractivity contribution is 7.80. The highest BCUT2D eigenvalue weighted by Crippen LogP contribution is 1.95. The van der Waals surface area contributed by atoms with Crippen molar-refractivity contribution in [2.75, 3.05) is 18.1 Å². The zero-order valence-corrected chi connectivity index (χ0v) is 8.24. The van der Waals surface area contributed by atoms with E-state index in [1.807, 2.05) is 0 Å². The molecule has 0 amide bonds. The Balaban J connectivity index is 3.09. The third-order valence-electron chi connectivity index (χ3n) is 1.10. The van der Waals surface area contributed by atoms with E-state index in [9.17, 15) is 4.79 Å². The summed E-state index contributed by atoms with van der Waals surface area (Å²) < 4.78 is 4.86. The van der Waals surface area contributed by atoms with Crippen LogP contribution in [0.2, 0.25) is 0 Å². The summed E-state index contributed by atoms with van der Waals surface area (Å²) in [5.74, 6) is 1.38. The van der Waals surface area contributed by atoms with Gasteiger partial charge in [-0.2, -0.15) is 25.3 Å². The van der Waals surface area contributed by atoms with E-state index in [-0.39, 0.29) is 5.97 Å². The Hall–Kier alpha value is 0.170. The molecule has 0 bridgehead atoms. The van der Waals surface area contributed by atoms with E-state index in [1.54, 1.807) is 0 Å². The Labute approximate surface area is 78.5 Å². The number of hydrogen-bond acceptors (Lipinski definition) is 4. The zero-order valence-electron chi connectivity index (χ0n) is 6.45. The molecule has 0 aromatic rings. The van der Waals surface area contributed by atoms with Crippen LogP contribution in [0, 0.1) is 0 Å². The molecule has 0 spiro atoms. The maximum absolute atomic E-state index is 10.8. The summed E-state index contributed by atoms with van der Waals surface area (Å²) in [6.45, 7) is 0.495. The molecule has 0 heterocycles. The third-order valence-corrected chi connectivity index (χ3v) is 1.74. The van der Waals surface area contributed by atoms with Crippen LogP contribution in [-0.2, 0) is 9.53 Å². The summed E-state index contributed by atoms with van der Waals surface area (Å²) in [6.07, 6.45) is 2.11. The smallest absolute Gasteiger partial charge is 0.305 e. The standard InChI is InChI=1S/C7H14O2S2/c8-7(3-1-5-10)9-4-2-6-11/h10-11H,1-6H2. The molecule has 66 valence electrons. The molecular weight excluding hydrogens is 180 g/mol. The molecule has 0 saturated heterocycles. The van der Waals surface area contributed by atoms with Crippen LogP contribution in [0.15, 0.2) is 0 Å². The zero-order chi connectivity index (χ0) is 8.53. The Morgan fingerprint density at radius 3 is 2.36 bits per heavy atom. The number of rotatable bonds is 6. The fraction of sp³-hybridized carbons (Fsp3) is 0.857. The first kappa shape index (κ1) is 11.2. The second kappa shape index (κ2) is 8.27. The van der Waals surface area contributed by atoms with Crippen molar-refractivity contribution in [3.05, 3.63) is 0 Å². The first-order valence-corrected chi connectivity index (χ1v) is 4.95. The Morgan fingerprint density at radius 1 is 1.18 bits per heavy atom. The fourth-order valence-corrected chi connectivity index (χ4v) is 0.833. The van der Waals surface area contributed by atoms with Crippen LogP contribution >= 0.6 is 25.3 Å². The predicted octanol–water partition coefficient (Wildman–Crippen LogP) is 1.56. The molecule has 0 aliphatic rings. The first-order chi connectivity index (χ1) is 5.31. The van der Waals surface area contributed by atoms with Gasteiger partial charge in [0, 0.05) is 6.42 Å². The normalized spacial score (nSPS) is 9.64. The van der Waals surface area contributed by atoms with Crippen molar-refractivity contribution in [3.63, 3.8) is 0 Å². The predicted molar refractivity (Wildman–Crippen MR) is 52.5 cm³/mol. The Morgan fingerprint density at radius 2 is 1.82 bits per heavy atom. The molecule has 0 atom stereocenters. The fourth-order valence-electron chi connectivity index (χ4n) is 0.546. The van der Waals surface area contributed by atoms with Gasteiger partial charge in [-0.25, -0.2) is 0 Å². The minimum atomic E-state index is -0.124. The van der Waals surface area contributed by atoms with E-state index in [1.165, 1.54) is 0 Å². The van der Waals surface area contributed by atoms with Crippen LogP contribution in [0.25, 0.3) is 0 Å². The average Bonchev–Trinajstić information content (AvgIpc) is 2.01. The van der Waals surface area contributed by atoms with E-state index >= 15 is 0 Å². The lowest BCUT2D eigenvalue weighted by molar-refractivity contribution is -0.143. The van der Waals surface area contributed by atoms with E-state index < -0.39 is 0 Å². The van der Waals surface area contributed by atoms with Gasteiger partial charge < -0.3 is 4.74 Å². The van der Waals surface area contributed by atoms with Crippen molar-refractivity contribution in [2.45, 2.75) is 19.3 Å². The number of thiol groups is 2. The average molecular weight is 194 g/mol. The molecule has 0 fully saturated rings. The van der Waals surface area contributed by atoms with Gasteiger partial charge in [-0.3, -0.25) is 4.79 Å². The number of carbonyl (C=O) groups excluding carboxylic acids is 1. The van der Waals surface area contributed by atoms with Crippen LogP contribution < -0.4 is 0 Å². The molecular formula is C7H14O2S2. The van der Waals surface area contributed by atoms with Crippen molar-refractivity contribution in [3.8, 4) is 0 Å². The van der Waals surface area contributed by atoms with Crippen molar-refractivity contribution in [1.29, 1.82) is 0 Å². The van der Waals surface area contributed by atoms with Gasteiger partial charge in [-0.15, -0.1) is 0 Å². The van der Waals surface area contributed by atoms with Gasteiger partial charge in [0.2, 0.25) is 0 Å². The molecule has 0 aliphatic carbocycles. The number of carbonyl (C=O) groups is 1. The largest absolute Gasteiger partial charge is 0.466 e. The highest BCUT2D eigenvalue weighted by Gasteiger charge is 1.99. The van der Waals surface area contributed by atoms with Gasteiger partial charge >= 0.3 is 5.97 Å². The van der Waals surface area contributed by atoms with Gasteiger partial charge in [0.15, 0.2) is 0 Å². The molecule has 0 saturated carbocycles. The summed E-state index contributed by atoms with van der Waals surface area (Å²) in [5.41, 5.74) is 0. The monoisotopic (exact) mass is 194 g/mol. The van der Waals surface area contributed by atoms with Crippen LogP contribution in [0.4, 0.5) is 0 Å². The van der Waals surface area contributed by atoms with Crippen LogP contribution in [0.3, 0.4) is 0 Å². The Kier molecular flexibility index (Phi) is 8.40. The molecule has 0 unspecified atom stereocenters. The lowest BCUT2D eigenvalue weighted by Gasteiger charge is -2.01. The molecule has 0 rings (SSSR count). The summed E-state index contributed by atoms with van der Waals surface area (Å²) in [7, 11) is 0. The minimum absolute atomic E-state index is 0.124. The van der Waals surface area contributed by atoms with E-state index in [0.717, 1.165) is 24.3 Å². The van der Waals surface area contributed by atoms with E-state index in [0.29, 0.717) is 13.0 Å². The topological polar surface area (TPSA) is 26.3 Å². The lowest BCUT2D eigenvalue weighted by Crippen LogP contribution is -2.06. The molecule has 0 aromatic carbocycles. The number of hydrogen-bond donors (Lipinski definition) is 2. The summed E-state index contributed by atoms with van der Waals surface area (Å²) in [5, 5.41) is 0. The second-order valence-electron chi connectivity index (χ2n) is 2.12. The quantitative estimate of drug-likeness (QED) is 0.381. The Bertz CT molecular complexity index is 107. The van der Waals surface area contributed by atoms with Crippen molar-refractivity contribution in [2.24, 2.45) is 0 Å². The summed E-state index contributed by atoms with van der Waals surface area (Å²) in [6, 6.07) is 0. The molecule has 0 N–H and O–H groups in total. The van der Waals surface area contributed by atoms with Crippen LogP contribution in [0.1, 0.15) is 19.3 Å². The third kappa shape index (κ3) is 8.07. The molecule has 4 heteroatoms.